The molecule has 8 fully saturated rings. The minimum Gasteiger partial charge on any atom is -0.394 e. The van der Waals surface area contributed by atoms with Gasteiger partial charge in [0.05, 0.1) is 50.8 Å². The molecule has 3 saturated carbocycles. The highest BCUT2D eigenvalue weighted by atomic mass is 16.8. The Morgan fingerprint density at radius 1 is 0.539 bits per heavy atom. The van der Waals surface area contributed by atoms with Crippen molar-refractivity contribution in [2.45, 2.75) is 278 Å². The number of rotatable bonds is 20. The Bertz CT molecular complexity index is 2390. The van der Waals surface area contributed by atoms with Gasteiger partial charge in [0.1, 0.15) is 128 Å². The summed E-state index contributed by atoms with van der Waals surface area (Å²) in [7, 11) is 0. The maximum Gasteiger partial charge on any atom is 0.187 e. The molecule has 34 atom stereocenters. The average Bonchev–Trinajstić information content (AvgIpc) is 1.66. The molecule has 5 aliphatic heterocycles. The maximum atomic E-state index is 15.4. The fourth-order valence-electron chi connectivity index (χ4n) is 16.7. The fraction of sp³-hybridized carbons (Fsp3) is 0.950. The minimum absolute atomic E-state index is 0.00532. The van der Waals surface area contributed by atoms with Gasteiger partial charge in [-0.15, -0.1) is 0 Å². The van der Waals surface area contributed by atoms with E-state index in [1.165, 1.54) is 13.8 Å². The normalized spacial score (nSPS) is 51.0. The van der Waals surface area contributed by atoms with Crippen LogP contribution in [0.1, 0.15) is 107 Å². The molecule has 0 amide bonds. The van der Waals surface area contributed by atoms with Crippen molar-refractivity contribution in [1.29, 1.82) is 0 Å². The predicted octanol–water partition coefficient (Wildman–Crippen LogP) is -5.20. The van der Waals surface area contributed by atoms with Crippen molar-refractivity contribution in [2.24, 2.45) is 45.3 Å². The van der Waals surface area contributed by atoms with Gasteiger partial charge >= 0.3 is 0 Å². The molecule has 0 aromatic rings. The van der Waals surface area contributed by atoms with E-state index < -0.39 is 221 Å². The van der Waals surface area contributed by atoms with Crippen LogP contribution in [0.4, 0.5) is 0 Å². The summed E-state index contributed by atoms with van der Waals surface area (Å²) < 4.78 is 59.2. The molecule has 0 spiro atoms. The summed E-state index contributed by atoms with van der Waals surface area (Å²) in [6, 6.07) is 0. The summed E-state index contributed by atoms with van der Waals surface area (Å²) in [6.07, 6.45) is -37.4. The molecule has 29 heteroatoms. The van der Waals surface area contributed by atoms with Crippen molar-refractivity contribution in [3.8, 4) is 0 Å². The highest BCUT2D eigenvalue weighted by molar-refractivity contribution is 5.88. The molecule has 0 bridgehead atoms. The quantitative estimate of drug-likeness (QED) is 0.0507. The first-order valence-electron chi connectivity index (χ1n) is 31.4. The average molecular weight is 1290 g/mol. The molecule has 5 saturated heterocycles. The van der Waals surface area contributed by atoms with E-state index >= 15 is 4.79 Å². The molecule has 4 aliphatic carbocycles. The summed E-state index contributed by atoms with van der Waals surface area (Å²) >= 11 is 0. The van der Waals surface area contributed by atoms with Crippen molar-refractivity contribution in [2.75, 3.05) is 33.0 Å². The molecular weight excluding hydrogens is 1180 g/mol. The third-order valence-electron chi connectivity index (χ3n) is 22.6. The molecule has 0 aromatic heterocycles. The van der Waals surface area contributed by atoms with Crippen LogP contribution in [0.2, 0.25) is 0 Å². The number of ether oxygens (including phenoxy) is 10. The SMILES string of the molecule is C[C@H](CC[C@@H](O[C@@H]1O[C@H](CO[C@@H]2O[C@H](CO)[C@@H](O)[C@H](O)[C@H]2O)[C@@H](O)[C@H](O)[C@H]1O[C@@H]1O[C@H](CO)[C@@H](O)[C@H](O)[C@H]1O)C(C)(C)O)C1CC[C@@]2(C)C3CC=C4C(CC[C@H](O[C@@H]5O[C@H](CO[C@@H]6O[C@H](CO)[C@@H](O)[C@H](O)[C@H]6O)[C@@H](O)[C@H](O)[C@H]5O)C4(C)C)[C@]3(C)C(=O)C[C@]12C. The molecule has 29 nitrogen and oxygen atoms in total. The first kappa shape index (κ1) is 71.6. The van der Waals surface area contributed by atoms with Crippen molar-refractivity contribution in [1.82, 2.24) is 0 Å². The standard InChI is InChI=1S/C60H100O29/c1-23(9-13-35(57(4,5)79)88-55-50(89-54-49(78)43(72)38(67)29(20-63)84-54)45(74)40(69)31(86-55)22-81-52-47(76)42(71)37(66)28(19-62)83-52)24-15-16-58(6)32-12-10-25-26(60(32,8)33(64)17-59(24,58)7)11-14-34(56(25,2)3)87-53-48(77)44(73)39(68)30(85-53)21-80-51-46(75)41(70)36(65)27(18-61)82-51/h10,23-24,26-32,34-55,61-63,65-79H,9,11-22H2,1-8H3/t23-,24?,26?,27-,28-,29-,30-,31-,32?,34+,35-,36-,37-,38-,39-,40-,41+,42+,43+,44+,45+,46-,47-,48-,49-,50-,51-,52-,53+,54+,55+,58+,59-,60+/m1/s1. The van der Waals surface area contributed by atoms with E-state index in [-0.39, 0.29) is 47.7 Å². The van der Waals surface area contributed by atoms with Crippen molar-refractivity contribution in [3.63, 3.8) is 0 Å². The lowest BCUT2D eigenvalue weighted by Gasteiger charge is -2.65. The number of fused-ring (bicyclic) bond motifs is 5. The zero-order valence-corrected chi connectivity index (χ0v) is 51.7. The highest BCUT2D eigenvalue weighted by Gasteiger charge is 2.71. The highest BCUT2D eigenvalue weighted by Crippen LogP contribution is 2.74. The van der Waals surface area contributed by atoms with Gasteiger partial charge in [0.15, 0.2) is 31.5 Å². The van der Waals surface area contributed by atoms with E-state index in [1.54, 1.807) is 0 Å². The van der Waals surface area contributed by atoms with Gasteiger partial charge in [-0.2, -0.15) is 0 Å². The lowest BCUT2D eigenvalue weighted by Crippen LogP contribution is -2.65. The Balaban J connectivity index is 0.884. The van der Waals surface area contributed by atoms with E-state index in [2.05, 4.69) is 33.8 Å². The molecule has 9 aliphatic rings. The van der Waals surface area contributed by atoms with Crippen LogP contribution < -0.4 is 0 Å². The van der Waals surface area contributed by atoms with Crippen molar-refractivity contribution in [3.05, 3.63) is 11.6 Å². The second kappa shape index (κ2) is 27.4. The van der Waals surface area contributed by atoms with Crippen LogP contribution >= 0.6 is 0 Å². The van der Waals surface area contributed by atoms with Crippen molar-refractivity contribution >= 4 is 5.78 Å². The lowest BCUT2D eigenvalue weighted by atomic mass is 9.38. The number of allylic oxidation sites excluding steroid dienone is 1. The van der Waals surface area contributed by atoms with Gasteiger partial charge in [0.25, 0.3) is 0 Å². The molecular formula is C60H100O29. The molecule has 18 N–H and O–H groups in total. The van der Waals surface area contributed by atoms with Crippen LogP contribution in [0.15, 0.2) is 11.6 Å². The first-order chi connectivity index (χ1) is 41.6. The van der Waals surface area contributed by atoms with E-state index in [0.29, 0.717) is 25.7 Å². The molecule has 514 valence electrons. The summed E-state index contributed by atoms with van der Waals surface area (Å²) in [5, 5.41) is 192. The van der Waals surface area contributed by atoms with Gasteiger partial charge in [0, 0.05) is 17.3 Å². The third-order valence-corrected chi connectivity index (χ3v) is 22.6. The molecule has 3 unspecified atom stereocenters. The number of hydrogen-bond acceptors (Lipinski definition) is 29. The minimum atomic E-state index is -1.97. The molecule has 0 aromatic carbocycles. The second-order valence-electron chi connectivity index (χ2n) is 28.5. The largest absolute Gasteiger partial charge is 0.394 e. The van der Waals surface area contributed by atoms with Crippen LogP contribution in [0.25, 0.3) is 0 Å². The van der Waals surface area contributed by atoms with Crippen LogP contribution in [-0.2, 0) is 52.2 Å². The molecule has 0 radical (unpaired) electrons. The van der Waals surface area contributed by atoms with E-state index in [4.69, 9.17) is 47.4 Å². The lowest BCUT2D eigenvalue weighted by molar-refractivity contribution is -0.380. The van der Waals surface area contributed by atoms with Gasteiger partial charge in [0.2, 0.25) is 0 Å². The Labute approximate surface area is 516 Å². The van der Waals surface area contributed by atoms with Gasteiger partial charge in [-0.05, 0) is 93.3 Å². The summed E-state index contributed by atoms with van der Waals surface area (Å²) in [5.41, 5.74) is -2.96. The predicted molar refractivity (Wildman–Crippen MR) is 299 cm³/mol. The zero-order valence-electron chi connectivity index (χ0n) is 51.7. The van der Waals surface area contributed by atoms with Gasteiger partial charge in [-0.3, -0.25) is 4.79 Å². The number of aliphatic hydroxyl groups is 18. The van der Waals surface area contributed by atoms with Crippen molar-refractivity contribution < 1.29 is 144 Å². The number of hydrogen-bond donors (Lipinski definition) is 18. The smallest absolute Gasteiger partial charge is 0.187 e. The van der Waals surface area contributed by atoms with Crippen LogP contribution in [0.5, 0.6) is 0 Å². The summed E-state index contributed by atoms with van der Waals surface area (Å²) in [5.74, 6) is -0.178. The first-order valence-corrected chi connectivity index (χ1v) is 31.4. The summed E-state index contributed by atoms with van der Waals surface area (Å²) in [6.45, 7) is 12.2. The van der Waals surface area contributed by atoms with E-state index in [1.807, 2.05) is 13.8 Å². The number of ketones is 1. The van der Waals surface area contributed by atoms with Gasteiger partial charge in [-0.25, -0.2) is 0 Å². The number of aliphatic hydroxyl groups excluding tert-OH is 17. The molecule has 9 rings (SSSR count). The number of carbonyl (C=O) groups excluding carboxylic acids is 1. The fourth-order valence-corrected chi connectivity index (χ4v) is 16.7. The Kier molecular flexibility index (Phi) is 22.1. The monoisotopic (exact) mass is 1280 g/mol. The Morgan fingerprint density at radius 3 is 1.47 bits per heavy atom. The third kappa shape index (κ3) is 13.0. The zero-order chi connectivity index (χ0) is 65.5. The van der Waals surface area contributed by atoms with Crippen LogP contribution in [0, 0.1) is 45.3 Å². The molecule has 89 heavy (non-hydrogen) atoms. The van der Waals surface area contributed by atoms with Crippen LogP contribution in [0.3, 0.4) is 0 Å². The second-order valence-corrected chi connectivity index (χ2v) is 28.5. The topological polar surface area (TPSA) is 474 Å². The molecule has 5 heterocycles. The maximum absolute atomic E-state index is 15.4. The van der Waals surface area contributed by atoms with E-state index in [9.17, 15) is 91.9 Å². The Morgan fingerprint density at radius 2 is 0.978 bits per heavy atom. The van der Waals surface area contributed by atoms with E-state index in [0.717, 1.165) is 18.4 Å². The summed E-state index contributed by atoms with van der Waals surface area (Å²) in [4.78, 5) is 15.4. The van der Waals surface area contributed by atoms with Crippen LogP contribution in [-0.4, -0.2) is 302 Å². The number of carbonyl (C=O) groups is 1. The Hall–Kier alpha value is -1.71. The van der Waals surface area contributed by atoms with Gasteiger partial charge in [-0.1, -0.05) is 53.2 Å². The van der Waals surface area contributed by atoms with Gasteiger partial charge < -0.3 is 139 Å². The number of Topliss-reactive ketones (excluding diaryl/α,β-unsaturated/α-hetero) is 1.